The molecule has 0 heterocycles. The third-order valence-electron chi connectivity index (χ3n) is 11.3. The van der Waals surface area contributed by atoms with Crippen molar-refractivity contribution in [1.82, 2.24) is 0 Å². The van der Waals surface area contributed by atoms with Crippen LogP contribution in [0.4, 0.5) is 0 Å². The Hall–Kier alpha value is -3.45. The second kappa shape index (κ2) is 10.8. The Bertz CT molecular complexity index is 1660. The zero-order chi connectivity index (χ0) is 33.5. The van der Waals surface area contributed by atoms with Gasteiger partial charge in [0.2, 0.25) is 5.78 Å². The summed E-state index contributed by atoms with van der Waals surface area (Å²) in [6.07, 6.45) is 5.85. The number of fused-ring (bicyclic) bond motifs is 3. The summed E-state index contributed by atoms with van der Waals surface area (Å²) in [6.45, 7) is 16.6. The molecule has 1 saturated carbocycles. The van der Waals surface area contributed by atoms with Gasteiger partial charge in [-0.3, -0.25) is 14.4 Å². The highest BCUT2D eigenvalue weighted by Gasteiger charge is 2.72. The van der Waals surface area contributed by atoms with Gasteiger partial charge in [0.25, 0.3) is 0 Å². The van der Waals surface area contributed by atoms with Crippen LogP contribution in [0.1, 0.15) is 116 Å². The molecule has 4 N–H and O–H groups in total. The molecule has 0 aliphatic heterocycles. The highest BCUT2D eigenvalue weighted by molar-refractivity contribution is 6.24. The van der Waals surface area contributed by atoms with Crippen molar-refractivity contribution in [2.45, 2.75) is 112 Å². The van der Waals surface area contributed by atoms with Crippen molar-refractivity contribution in [1.29, 1.82) is 0 Å². The summed E-state index contributed by atoms with van der Waals surface area (Å²) in [5.41, 5.74) is 0.892. The minimum absolute atomic E-state index is 0.0553. The predicted molar refractivity (Wildman–Crippen MR) is 174 cm³/mol. The summed E-state index contributed by atoms with van der Waals surface area (Å²) in [6, 6.07) is 2.02. The smallest absolute Gasteiger partial charge is 0.203 e. The maximum Gasteiger partial charge on any atom is 0.203 e. The molecule has 0 spiro atoms. The van der Waals surface area contributed by atoms with Crippen molar-refractivity contribution >= 4 is 23.1 Å². The van der Waals surface area contributed by atoms with E-state index in [0.717, 1.165) is 37.3 Å². The van der Waals surface area contributed by atoms with Gasteiger partial charge in [-0.1, -0.05) is 70.4 Å². The van der Waals surface area contributed by atoms with Crippen molar-refractivity contribution in [3.8, 4) is 5.75 Å². The summed E-state index contributed by atoms with van der Waals surface area (Å²) in [7, 11) is 0. The molecule has 5 rings (SSSR count). The Morgan fingerprint density at radius 2 is 1.69 bits per heavy atom. The zero-order valence-electron chi connectivity index (χ0n) is 28.1. The van der Waals surface area contributed by atoms with Crippen LogP contribution in [0.15, 0.2) is 45.8 Å². The Kier molecular flexibility index (Phi) is 7.92. The highest BCUT2D eigenvalue weighted by atomic mass is 16.3. The standard InChI is InChI=1S/C38H48O7/c1-18(2)25-15-24(12-10-11-23-13-20(5)21(6)14-23)31(40)28-26(25)16-36(8)17-37(9)29(19(3)4)32(41)27(22(7)39)34(43)38(37,45)35(44)30(36)33(28)42/h13,15,18-19,29,40,42-43,45H,10-12,14,16-17H2,1-9H3/t29?,36-,37-,38+/m1/s1. The second-order valence-corrected chi connectivity index (χ2v) is 15.2. The highest BCUT2D eigenvalue weighted by Crippen LogP contribution is 2.65. The summed E-state index contributed by atoms with van der Waals surface area (Å²) in [5.74, 6) is -4.91. The molecule has 0 aromatic heterocycles. The Morgan fingerprint density at radius 1 is 1.04 bits per heavy atom. The molecule has 4 aliphatic rings. The number of benzene rings is 1. The predicted octanol–water partition coefficient (Wildman–Crippen LogP) is 7.30. The number of aromatic hydroxyl groups is 1. The number of hydrogen-bond acceptors (Lipinski definition) is 7. The number of ketones is 3. The van der Waals surface area contributed by atoms with Crippen LogP contribution < -0.4 is 0 Å². The molecule has 1 aromatic carbocycles. The first-order valence-electron chi connectivity index (χ1n) is 16.2. The number of phenols is 1. The van der Waals surface area contributed by atoms with Crippen molar-refractivity contribution in [3.05, 3.63) is 68.0 Å². The molecule has 4 atom stereocenters. The number of aryl methyl sites for hydroxylation is 1. The fraction of sp³-hybridized carbons (Fsp3) is 0.553. The minimum Gasteiger partial charge on any atom is -0.508 e. The van der Waals surface area contributed by atoms with Gasteiger partial charge >= 0.3 is 0 Å². The maximum absolute atomic E-state index is 14.6. The lowest BCUT2D eigenvalue weighted by atomic mass is 9.43. The number of carbonyl (C=O) groups is 3. The number of carbonyl (C=O) groups excluding carboxylic acids is 3. The van der Waals surface area contributed by atoms with E-state index in [-0.39, 0.29) is 35.1 Å². The summed E-state index contributed by atoms with van der Waals surface area (Å²) < 4.78 is 0. The van der Waals surface area contributed by atoms with Gasteiger partial charge in [-0.05, 0) is 87.8 Å². The molecule has 4 aliphatic carbocycles. The van der Waals surface area contributed by atoms with Crippen LogP contribution in [0.2, 0.25) is 0 Å². The number of allylic oxidation sites excluding steroid dienone is 5. The molecule has 45 heavy (non-hydrogen) atoms. The number of hydrogen-bond donors (Lipinski definition) is 4. The van der Waals surface area contributed by atoms with Crippen LogP contribution in [0.3, 0.4) is 0 Å². The summed E-state index contributed by atoms with van der Waals surface area (Å²) >= 11 is 0. The van der Waals surface area contributed by atoms with Crippen LogP contribution in [-0.2, 0) is 27.2 Å². The number of aliphatic hydroxyl groups excluding tert-OH is 2. The van der Waals surface area contributed by atoms with Crippen molar-refractivity contribution in [2.24, 2.45) is 22.7 Å². The van der Waals surface area contributed by atoms with E-state index in [9.17, 15) is 34.8 Å². The Balaban J connectivity index is 1.67. The molecule has 1 unspecified atom stereocenters. The minimum atomic E-state index is -2.61. The van der Waals surface area contributed by atoms with Gasteiger partial charge < -0.3 is 20.4 Å². The average molecular weight is 617 g/mol. The topological polar surface area (TPSA) is 132 Å². The fourth-order valence-corrected chi connectivity index (χ4v) is 9.20. The Labute approximate surface area is 266 Å². The van der Waals surface area contributed by atoms with Crippen LogP contribution >= 0.6 is 0 Å². The number of aliphatic hydroxyl groups is 3. The van der Waals surface area contributed by atoms with E-state index in [2.05, 4.69) is 33.8 Å². The molecular weight excluding hydrogens is 568 g/mol. The van der Waals surface area contributed by atoms with Gasteiger partial charge in [0.05, 0.1) is 5.56 Å². The van der Waals surface area contributed by atoms with Gasteiger partial charge in [0.1, 0.15) is 22.8 Å². The van der Waals surface area contributed by atoms with Gasteiger partial charge in [-0.25, -0.2) is 0 Å². The monoisotopic (exact) mass is 616 g/mol. The van der Waals surface area contributed by atoms with E-state index in [1.165, 1.54) is 16.7 Å². The van der Waals surface area contributed by atoms with Crippen LogP contribution in [-0.4, -0.2) is 43.4 Å². The lowest BCUT2D eigenvalue weighted by molar-refractivity contribution is -0.178. The van der Waals surface area contributed by atoms with E-state index in [0.29, 0.717) is 18.4 Å². The van der Waals surface area contributed by atoms with E-state index in [1.54, 1.807) is 20.8 Å². The lowest BCUT2D eigenvalue weighted by Gasteiger charge is -2.60. The second-order valence-electron chi connectivity index (χ2n) is 15.2. The van der Waals surface area contributed by atoms with Crippen LogP contribution in [0, 0.1) is 22.7 Å². The molecule has 242 valence electrons. The van der Waals surface area contributed by atoms with Crippen LogP contribution in [0.5, 0.6) is 5.75 Å². The zero-order valence-corrected chi connectivity index (χ0v) is 28.1. The molecule has 0 saturated heterocycles. The molecule has 1 aromatic rings. The van der Waals surface area contributed by atoms with Crippen molar-refractivity contribution in [2.75, 3.05) is 0 Å². The third kappa shape index (κ3) is 4.59. The number of rotatable bonds is 7. The average Bonchev–Trinajstić information content (AvgIpc) is 3.23. The molecule has 7 nitrogen and oxygen atoms in total. The summed E-state index contributed by atoms with van der Waals surface area (Å²) in [4.78, 5) is 40.9. The van der Waals surface area contributed by atoms with Gasteiger partial charge in [-0.15, -0.1) is 0 Å². The Morgan fingerprint density at radius 3 is 2.22 bits per heavy atom. The fourth-order valence-electron chi connectivity index (χ4n) is 9.20. The number of phenolic OH excluding ortho intramolecular Hbond substituents is 1. The molecule has 0 bridgehead atoms. The quantitative estimate of drug-likeness (QED) is 0.236. The van der Waals surface area contributed by atoms with E-state index < -0.39 is 56.8 Å². The van der Waals surface area contributed by atoms with E-state index in [1.807, 2.05) is 13.0 Å². The van der Waals surface area contributed by atoms with Gasteiger partial charge in [-0.2, -0.15) is 0 Å². The molecule has 0 amide bonds. The lowest BCUT2D eigenvalue weighted by Crippen LogP contribution is -2.69. The van der Waals surface area contributed by atoms with Crippen LogP contribution in [0.25, 0.3) is 5.76 Å². The van der Waals surface area contributed by atoms with Crippen molar-refractivity contribution in [3.63, 3.8) is 0 Å². The first kappa shape index (κ1) is 32.9. The third-order valence-corrected chi connectivity index (χ3v) is 11.3. The van der Waals surface area contributed by atoms with Gasteiger partial charge in [0, 0.05) is 22.3 Å². The normalized spacial score (nSPS) is 29.9. The van der Waals surface area contributed by atoms with E-state index >= 15 is 0 Å². The number of Topliss-reactive ketones (excluding diaryl/α,β-unsaturated/α-hetero) is 3. The SMILES string of the molecule is CC(=O)C1=C(O)[C@]2(O)C(=O)C3=C(O)c4c(O)c(CCCC5=CC(C)=C(C)C5)cc(C(C)C)c4C[C@]3(C)C[C@]2(C)C(C(C)C)C1=O. The van der Waals surface area contributed by atoms with E-state index in [4.69, 9.17) is 0 Å². The molecular formula is C38H48O7. The molecule has 7 heteroatoms. The first-order chi connectivity index (χ1) is 20.8. The largest absolute Gasteiger partial charge is 0.508 e. The molecule has 1 fully saturated rings. The maximum atomic E-state index is 14.6. The first-order valence-corrected chi connectivity index (χ1v) is 16.2. The van der Waals surface area contributed by atoms with Crippen molar-refractivity contribution < 1.29 is 34.8 Å². The summed E-state index contributed by atoms with van der Waals surface area (Å²) in [5, 5.41) is 47.4. The molecule has 0 radical (unpaired) electrons. The van der Waals surface area contributed by atoms with Gasteiger partial charge in [0.15, 0.2) is 17.2 Å².